The third-order valence-corrected chi connectivity index (χ3v) is 5.81. The summed E-state index contributed by atoms with van der Waals surface area (Å²) in [5.74, 6) is 0.239. The Kier molecular flexibility index (Phi) is 7.10. The van der Waals surface area contributed by atoms with E-state index in [1.54, 1.807) is 60.8 Å². The van der Waals surface area contributed by atoms with Gasteiger partial charge in [-0.25, -0.2) is 4.79 Å². The maximum atomic E-state index is 12.4. The summed E-state index contributed by atoms with van der Waals surface area (Å²) < 4.78 is 5.45. The second kappa shape index (κ2) is 10.9. The number of hydrogen-bond acceptors (Lipinski definition) is 6. The zero-order valence-corrected chi connectivity index (χ0v) is 20.9. The van der Waals surface area contributed by atoms with E-state index in [1.807, 2.05) is 31.2 Å². The van der Waals surface area contributed by atoms with Crippen LogP contribution in [0, 0.1) is 6.92 Å². The highest BCUT2D eigenvalue weighted by Gasteiger charge is 2.15. The molecule has 3 N–H and O–H groups in total. The minimum atomic E-state index is -0.375. The van der Waals surface area contributed by atoms with Crippen LogP contribution in [0.2, 0.25) is 5.02 Å². The van der Waals surface area contributed by atoms with Gasteiger partial charge in [0.2, 0.25) is 5.82 Å². The smallest absolute Gasteiger partial charge is 0.323 e. The summed E-state index contributed by atoms with van der Waals surface area (Å²) in [6.07, 6.45) is 3.07. The van der Waals surface area contributed by atoms with Crippen molar-refractivity contribution in [2.45, 2.75) is 6.92 Å². The van der Waals surface area contributed by atoms with Crippen molar-refractivity contribution in [2.24, 2.45) is 0 Å². The van der Waals surface area contributed by atoms with Crippen molar-refractivity contribution >= 4 is 40.6 Å². The first-order chi connectivity index (χ1) is 18.4. The topological polar surface area (TPSA) is 122 Å². The van der Waals surface area contributed by atoms with Crippen LogP contribution < -0.4 is 16.0 Å². The molecule has 5 aromatic rings. The molecule has 0 aliphatic heterocycles. The first-order valence-corrected chi connectivity index (χ1v) is 11.9. The highest BCUT2D eigenvalue weighted by atomic mass is 35.5. The molecule has 0 saturated heterocycles. The van der Waals surface area contributed by atoms with Gasteiger partial charge >= 0.3 is 6.03 Å². The Morgan fingerprint density at radius 2 is 1.61 bits per heavy atom. The fourth-order valence-corrected chi connectivity index (χ4v) is 3.85. The first kappa shape index (κ1) is 24.7. The van der Waals surface area contributed by atoms with Gasteiger partial charge in [-0.2, -0.15) is 4.98 Å². The van der Waals surface area contributed by atoms with Gasteiger partial charge < -0.3 is 20.5 Å². The number of nitrogens with one attached hydrogen (secondary N) is 3. The Labute approximate surface area is 222 Å². The lowest BCUT2D eigenvalue weighted by atomic mass is 10.1. The molecule has 10 heteroatoms. The maximum absolute atomic E-state index is 12.4. The van der Waals surface area contributed by atoms with Crippen LogP contribution in [0.15, 0.2) is 95.8 Å². The molecule has 0 unspecified atom stereocenters. The van der Waals surface area contributed by atoms with Crippen molar-refractivity contribution in [3.63, 3.8) is 0 Å². The van der Waals surface area contributed by atoms with Gasteiger partial charge in [-0.05, 0) is 67.6 Å². The molecule has 0 spiro atoms. The average molecular weight is 525 g/mol. The highest BCUT2D eigenvalue weighted by Crippen LogP contribution is 2.31. The Hall–Kier alpha value is -5.02. The van der Waals surface area contributed by atoms with E-state index < -0.39 is 0 Å². The summed E-state index contributed by atoms with van der Waals surface area (Å²) in [6, 6.07) is 22.5. The molecule has 3 aromatic carbocycles. The summed E-state index contributed by atoms with van der Waals surface area (Å²) in [5, 5.41) is 12.8. The lowest BCUT2D eigenvalue weighted by Gasteiger charge is -2.08. The third-order valence-electron chi connectivity index (χ3n) is 5.49. The van der Waals surface area contributed by atoms with E-state index >= 15 is 0 Å². The van der Waals surface area contributed by atoms with Gasteiger partial charge in [0.05, 0.1) is 10.6 Å². The van der Waals surface area contributed by atoms with Crippen LogP contribution >= 0.6 is 11.6 Å². The predicted molar refractivity (Wildman–Crippen MR) is 146 cm³/mol. The molecule has 188 valence electrons. The molecule has 3 amide bonds. The van der Waals surface area contributed by atoms with Crippen molar-refractivity contribution in [1.82, 2.24) is 15.1 Å². The van der Waals surface area contributed by atoms with Gasteiger partial charge in [-0.3, -0.25) is 9.78 Å². The second-order valence-electron chi connectivity index (χ2n) is 8.34. The summed E-state index contributed by atoms with van der Waals surface area (Å²) in [6.45, 7) is 1.98. The number of aromatic nitrogens is 3. The Balaban J connectivity index is 1.27. The molecule has 0 atom stereocenters. The van der Waals surface area contributed by atoms with Gasteiger partial charge in [0.25, 0.3) is 11.8 Å². The quantitative estimate of drug-likeness (QED) is 0.228. The molecule has 0 aliphatic rings. The lowest BCUT2D eigenvalue weighted by molar-refractivity contribution is 0.102. The summed E-state index contributed by atoms with van der Waals surface area (Å²) >= 11 is 6.47. The van der Waals surface area contributed by atoms with Crippen LogP contribution in [0.1, 0.15) is 15.9 Å². The number of anilines is 3. The molecule has 0 saturated carbocycles. The zero-order chi connectivity index (χ0) is 26.5. The minimum Gasteiger partial charge on any atom is -0.334 e. The molecule has 38 heavy (non-hydrogen) atoms. The van der Waals surface area contributed by atoms with Gasteiger partial charge in [0.1, 0.15) is 0 Å². The summed E-state index contributed by atoms with van der Waals surface area (Å²) in [4.78, 5) is 33.2. The van der Waals surface area contributed by atoms with E-state index in [0.29, 0.717) is 38.8 Å². The van der Waals surface area contributed by atoms with E-state index in [9.17, 15) is 9.59 Å². The third kappa shape index (κ3) is 5.85. The van der Waals surface area contributed by atoms with E-state index in [-0.39, 0.29) is 23.7 Å². The van der Waals surface area contributed by atoms with Crippen LogP contribution in [0.5, 0.6) is 0 Å². The molecule has 9 nitrogen and oxygen atoms in total. The number of pyridine rings is 1. The molecule has 0 aliphatic carbocycles. The number of carbonyl (C=O) groups is 2. The number of benzene rings is 3. The Morgan fingerprint density at radius 1 is 0.842 bits per heavy atom. The average Bonchev–Trinajstić information content (AvgIpc) is 3.41. The fraction of sp³-hybridized carbons (Fsp3) is 0.0357. The van der Waals surface area contributed by atoms with Crippen molar-refractivity contribution in [3.8, 4) is 22.8 Å². The van der Waals surface area contributed by atoms with Crippen molar-refractivity contribution in [1.29, 1.82) is 0 Å². The van der Waals surface area contributed by atoms with Crippen LogP contribution in [0.4, 0.5) is 21.9 Å². The number of halogens is 1. The van der Waals surface area contributed by atoms with Gasteiger partial charge in [-0.1, -0.05) is 40.5 Å². The molecule has 2 aromatic heterocycles. The Morgan fingerprint density at radius 3 is 2.37 bits per heavy atom. The van der Waals surface area contributed by atoms with Crippen LogP contribution in [-0.4, -0.2) is 27.1 Å². The lowest BCUT2D eigenvalue weighted by Crippen LogP contribution is -2.19. The number of nitrogens with zero attached hydrogens (tertiary/aromatic N) is 3. The fourth-order valence-electron chi connectivity index (χ4n) is 3.58. The van der Waals surface area contributed by atoms with E-state index in [2.05, 4.69) is 31.1 Å². The number of amides is 3. The molecule has 0 fully saturated rings. The number of urea groups is 1. The van der Waals surface area contributed by atoms with Crippen LogP contribution in [-0.2, 0) is 0 Å². The number of aryl methyl sites for hydroxylation is 1. The molecule has 0 radical (unpaired) electrons. The predicted octanol–water partition coefficient (Wildman–Crippen LogP) is 6.66. The van der Waals surface area contributed by atoms with Crippen molar-refractivity contribution in [2.75, 3.05) is 16.0 Å². The van der Waals surface area contributed by atoms with Gasteiger partial charge in [0, 0.05) is 40.6 Å². The summed E-state index contributed by atoms with van der Waals surface area (Å²) in [5.41, 5.74) is 4.44. The van der Waals surface area contributed by atoms with Crippen LogP contribution in [0.25, 0.3) is 22.8 Å². The molecule has 5 rings (SSSR count). The van der Waals surface area contributed by atoms with Gasteiger partial charge in [-0.15, -0.1) is 0 Å². The molecular formula is C28H21ClN6O3. The first-order valence-electron chi connectivity index (χ1n) is 11.5. The monoisotopic (exact) mass is 524 g/mol. The second-order valence-corrected chi connectivity index (χ2v) is 8.75. The molecule has 0 bridgehead atoms. The summed E-state index contributed by atoms with van der Waals surface area (Å²) in [7, 11) is 0. The molecule has 2 heterocycles. The van der Waals surface area contributed by atoms with E-state index in [1.165, 1.54) is 6.20 Å². The standard InChI is InChI=1S/C28H21ClN6O3/c1-17-7-9-20(10-8-17)32-28(37)33-21-6-2-4-18(14-21)27-34-25(35-38-27)23-12-11-22(15-24(23)29)31-26(36)19-5-3-13-30-16-19/h2-16H,1H3,(H,31,36)(H2,32,33,37). The maximum Gasteiger partial charge on any atom is 0.323 e. The number of hydrogen-bond donors (Lipinski definition) is 3. The van der Waals surface area contributed by atoms with E-state index in [0.717, 1.165) is 5.56 Å². The Bertz CT molecular complexity index is 1600. The van der Waals surface area contributed by atoms with E-state index in [4.69, 9.17) is 16.1 Å². The normalized spacial score (nSPS) is 10.6. The number of carbonyl (C=O) groups excluding carboxylic acids is 2. The SMILES string of the molecule is Cc1ccc(NC(=O)Nc2cccc(-c3nc(-c4ccc(NC(=O)c5cccnc5)cc4Cl)no3)c2)cc1. The molecular weight excluding hydrogens is 504 g/mol. The highest BCUT2D eigenvalue weighted by molar-refractivity contribution is 6.33. The zero-order valence-electron chi connectivity index (χ0n) is 20.1. The minimum absolute atomic E-state index is 0.257. The van der Waals surface area contributed by atoms with Crippen molar-refractivity contribution in [3.05, 3.63) is 107 Å². The van der Waals surface area contributed by atoms with Crippen molar-refractivity contribution < 1.29 is 14.1 Å². The largest absolute Gasteiger partial charge is 0.334 e. The van der Waals surface area contributed by atoms with Gasteiger partial charge in [0.15, 0.2) is 0 Å². The number of rotatable bonds is 6. The van der Waals surface area contributed by atoms with Crippen LogP contribution in [0.3, 0.4) is 0 Å².